The van der Waals surface area contributed by atoms with Crippen LogP contribution in [-0.4, -0.2) is 36.6 Å². The molecule has 0 aromatic heterocycles. The maximum atomic E-state index is 7.00. The van der Waals surface area contributed by atoms with Gasteiger partial charge >= 0.3 is 0 Å². The number of hydrogen-bond acceptors (Lipinski definition) is 3. The van der Waals surface area contributed by atoms with E-state index in [0.717, 1.165) is 21.3 Å². The molecule has 0 aromatic rings. The van der Waals surface area contributed by atoms with Crippen LogP contribution in [0.25, 0.3) is 0 Å². The van der Waals surface area contributed by atoms with Crippen LogP contribution >= 0.6 is 12.4 Å². The molecule has 0 aliphatic heterocycles. The molecule has 0 aromatic carbocycles. The molecule has 3 nitrogen and oxygen atoms in total. The van der Waals surface area contributed by atoms with Gasteiger partial charge in [0.25, 0.3) is 0 Å². The summed E-state index contributed by atoms with van der Waals surface area (Å²) in [6.45, 7) is 0. The van der Waals surface area contributed by atoms with E-state index in [1.807, 2.05) is 0 Å². The smallest absolute Gasteiger partial charge is 0.0319 e. The van der Waals surface area contributed by atoms with Gasteiger partial charge in [0.2, 0.25) is 0 Å². The molecule has 0 amide bonds. The summed E-state index contributed by atoms with van der Waals surface area (Å²) in [7, 11) is 3.00. The fourth-order valence-corrected chi connectivity index (χ4v) is 0. The normalized spacial score (nSPS) is 2.25. The van der Waals surface area contributed by atoms with Crippen molar-refractivity contribution >= 4 is 12.4 Å². The van der Waals surface area contributed by atoms with Gasteiger partial charge in [0, 0.05) is 43.0 Å². The predicted molar refractivity (Wildman–Crippen MR) is 31.7 cm³/mol. The molecule has 0 saturated heterocycles. The molecule has 0 bridgehead atoms. The molecule has 0 aliphatic carbocycles. The van der Waals surface area contributed by atoms with Crippen molar-refractivity contribution in [1.29, 1.82) is 0 Å². The molecule has 5 heteroatoms. The molecule has 0 unspecified atom stereocenters. The molecule has 0 radical (unpaired) electrons. The Kier molecular flexibility index (Phi) is 2190. The summed E-state index contributed by atoms with van der Waals surface area (Å²) in [5.41, 5.74) is 0. The molecule has 0 atom stereocenters. The van der Waals surface area contributed by atoms with Crippen LogP contribution in [0.3, 0.4) is 0 Å². The van der Waals surface area contributed by atoms with Gasteiger partial charge in [-0.05, 0) is 0 Å². The van der Waals surface area contributed by atoms with E-state index in [4.69, 9.17) is 15.3 Å². The van der Waals surface area contributed by atoms with Crippen LogP contribution in [0, 0.1) is 0 Å². The van der Waals surface area contributed by atoms with E-state index >= 15 is 0 Å². The Hall–Kier alpha value is 0.884. The van der Waals surface area contributed by atoms with Gasteiger partial charge in [0.05, 0.1) is 0 Å². The van der Waals surface area contributed by atoms with E-state index in [0.29, 0.717) is 0 Å². The summed E-state index contributed by atoms with van der Waals surface area (Å²) >= 11 is 0. The molecule has 3 N–H and O–H groups in total. The van der Waals surface area contributed by atoms with Crippen LogP contribution in [0.15, 0.2) is 0 Å². The summed E-state index contributed by atoms with van der Waals surface area (Å²) in [5, 5.41) is 21.0. The van der Waals surface area contributed by atoms with Crippen LogP contribution in [0.5, 0.6) is 0 Å². The van der Waals surface area contributed by atoms with Gasteiger partial charge in [-0.3, -0.25) is 0 Å². The fraction of sp³-hybridized carbons (Fsp3) is 1.00. The Bertz CT molecular complexity index is 14.5. The molecule has 0 rings (SSSR count). The second-order valence-corrected chi connectivity index (χ2v) is 0. The topological polar surface area (TPSA) is 60.7 Å². The number of aliphatic hydroxyl groups excluding tert-OH is 3. The zero-order valence-corrected chi connectivity index (χ0v) is 7.63. The summed E-state index contributed by atoms with van der Waals surface area (Å²) in [6.07, 6.45) is 0. The zero-order chi connectivity index (χ0) is 6.00. The van der Waals surface area contributed by atoms with Crippen LogP contribution in [0.4, 0.5) is 0 Å². The first-order valence-corrected chi connectivity index (χ1v) is 1.34. The maximum absolute atomic E-state index is 7.00. The van der Waals surface area contributed by atoms with Crippen molar-refractivity contribution < 1.29 is 37.0 Å². The van der Waals surface area contributed by atoms with Gasteiger partial charge in [-0.25, -0.2) is 0 Å². The average molecular weight is 180 g/mol. The summed E-state index contributed by atoms with van der Waals surface area (Å²) in [6, 6.07) is 0. The van der Waals surface area contributed by atoms with E-state index in [2.05, 4.69) is 0 Å². The van der Waals surface area contributed by atoms with Crippen molar-refractivity contribution in [3.63, 3.8) is 0 Å². The zero-order valence-electron chi connectivity index (χ0n) is 5.25. The second-order valence-electron chi connectivity index (χ2n) is 0. The van der Waals surface area contributed by atoms with Crippen LogP contribution in [-0.2, 0) is 21.7 Å². The van der Waals surface area contributed by atoms with Crippen molar-refractivity contribution in [3.8, 4) is 0 Å². The van der Waals surface area contributed by atoms with E-state index in [-0.39, 0.29) is 34.1 Å². The molecule has 0 saturated carbocycles. The Labute approximate surface area is 71.0 Å². The van der Waals surface area contributed by atoms with Crippen LogP contribution in [0.2, 0.25) is 0 Å². The Morgan fingerprint density at radius 1 is 0.625 bits per heavy atom. The molecule has 8 heavy (non-hydrogen) atoms. The summed E-state index contributed by atoms with van der Waals surface area (Å²) < 4.78 is 0. The van der Waals surface area contributed by atoms with Gasteiger partial charge in [0.15, 0.2) is 0 Å². The largest absolute Gasteiger partial charge is 0.400 e. The first kappa shape index (κ1) is 36.6. The maximum Gasteiger partial charge on any atom is 0.0319 e. The van der Waals surface area contributed by atoms with Crippen LogP contribution in [0.1, 0.15) is 0 Å². The van der Waals surface area contributed by atoms with Gasteiger partial charge in [-0.1, -0.05) is 0 Å². The summed E-state index contributed by atoms with van der Waals surface area (Å²) in [4.78, 5) is 0. The van der Waals surface area contributed by atoms with Gasteiger partial charge < -0.3 is 15.3 Å². The monoisotopic (exact) mass is 180 g/mol. The van der Waals surface area contributed by atoms with E-state index in [1.54, 1.807) is 0 Å². The molecule has 0 heterocycles. The number of halogens is 1. The van der Waals surface area contributed by atoms with Gasteiger partial charge in [-0.15, -0.1) is 12.4 Å². The minimum atomic E-state index is 0. The Balaban J connectivity index is -0.00000000500. The Morgan fingerprint density at radius 3 is 0.625 bits per heavy atom. The Morgan fingerprint density at radius 2 is 0.625 bits per heavy atom. The van der Waals surface area contributed by atoms with Crippen molar-refractivity contribution in [3.05, 3.63) is 0 Å². The molecule has 0 spiro atoms. The van der Waals surface area contributed by atoms with E-state index in [1.165, 1.54) is 0 Å². The third-order valence-electron chi connectivity index (χ3n) is 0. The molecule has 0 aliphatic rings. The molecule has 54 valence electrons. The minimum Gasteiger partial charge on any atom is -0.400 e. The fourth-order valence-electron chi connectivity index (χ4n) is 0. The van der Waals surface area contributed by atoms with Crippen molar-refractivity contribution in [1.82, 2.24) is 0 Å². The third kappa shape index (κ3) is 305. The van der Waals surface area contributed by atoms with Crippen molar-refractivity contribution in [2.75, 3.05) is 21.3 Å². The van der Waals surface area contributed by atoms with Crippen molar-refractivity contribution in [2.24, 2.45) is 0 Å². The molecular weight excluding hydrogens is 167 g/mol. The van der Waals surface area contributed by atoms with Gasteiger partial charge in [-0.2, -0.15) is 0 Å². The molecule has 0 fully saturated rings. The number of rotatable bonds is 0. The predicted octanol–water partition coefficient (Wildman–Crippen LogP) is -0.755. The number of aliphatic hydroxyl groups is 3. The quantitative estimate of drug-likeness (QED) is 0.430. The standard InChI is InChI=1S/3CH4O.ClH.Ti/c3*1-2;;/h3*2H,1H3;1H;. The van der Waals surface area contributed by atoms with Gasteiger partial charge in [0.1, 0.15) is 0 Å². The molecular formula is C3H13ClO3Ti. The first-order valence-electron chi connectivity index (χ1n) is 1.34. The van der Waals surface area contributed by atoms with E-state index < -0.39 is 0 Å². The van der Waals surface area contributed by atoms with E-state index in [9.17, 15) is 0 Å². The van der Waals surface area contributed by atoms with Crippen molar-refractivity contribution in [2.45, 2.75) is 0 Å². The first-order chi connectivity index (χ1) is 3.00. The SMILES string of the molecule is CO.CO.CO.Cl.[Ti]. The third-order valence-corrected chi connectivity index (χ3v) is 0. The van der Waals surface area contributed by atoms with Crippen LogP contribution < -0.4 is 0 Å². The number of hydrogen-bond donors (Lipinski definition) is 3. The average Bonchev–Trinajstić information content (AvgIpc) is 1.81. The second kappa shape index (κ2) is 478. The summed E-state index contributed by atoms with van der Waals surface area (Å²) in [5.74, 6) is 0. The minimum absolute atomic E-state index is 0.